The molecule has 0 fully saturated rings. The molecule has 0 aromatic carbocycles. The third kappa shape index (κ3) is 4.60. The fourth-order valence-corrected chi connectivity index (χ4v) is 5.05. The second-order valence-electron chi connectivity index (χ2n) is 5.33. The normalized spacial score (nSPS) is 14.2. The van der Waals surface area contributed by atoms with Crippen LogP contribution in [0.2, 0.25) is 8.67 Å². The lowest BCUT2D eigenvalue weighted by molar-refractivity contribution is -0.138. The van der Waals surface area contributed by atoms with Gasteiger partial charge in [0.1, 0.15) is 9.23 Å². The van der Waals surface area contributed by atoms with Gasteiger partial charge in [-0.3, -0.25) is 4.79 Å². The number of rotatable bonds is 5. The number of hydrogen-bond donors (Lipinski definition) is 2. The van der Waals surface area contributed by atoms with Gasteiger partial charge >= 0.3 is 5.97 Å². The maximum Gasteiger partial charge on any atom is 0.304 e. The number of aliphatic carboxylic acids is 1. The average Bonchev–Trinajstić information content (AvgIpc) is 2.55. The van der Waals surface area contributed by atoms with Gasteiger partial charge < -0.3 is 5.11 Å². The van der Waals surface area contributed by atoms with Gasteiger partial charge in [0.25, 0.3) is 0 Å². The van der Waals surface area contributed by atoms with Crippen molar-refractivity contribution in [2.45, 2.75) is 38.1 Å². The Bertz CT molecular complexity index is 604. The van der Waals surface area contributed by atoms with Crippen LogP contribution in [0.4, 0.5) is 0 Å². The van der Waals surface area contributed by atoms with E-state index in [1.807, 2.05) is 0 Å². The third-order valence-electron chi connectivity index (χ3n) is 2.64. The highest BCUT2D eigenvalue weighted by Crippen LogP contribution is 2.35. The smallest absolute Gasteiger partial charge is 0.304 e. The summed E-state index contributed by atoms with van der Waals surface area (Å²) in [4.78, 5) is 10.7. The summed E-state index contributed by atoms with van der Waals surface area (Å²) in [6.07, 6.45) is -0.321. The maximum absolute atomic E-state index is 12.3. The van der Waals surface area contributed by atoms with Gasteiger partial charge in [0.15, 0.2) is 0 Å². The molecule has 1 unspecified atom stereocenters. The zero-order valence-electron chi connectivity index (χ0n) is 11.1. The first kappa shape index (κ1) is 17.7. The predicted molar refractivity (Wildman–Crippen MR) is 80.2 cm³/mol. The van der Waals surface area contributed by atoms with Crippen LogP contribution in [0.15, 0.2) is 11.0 Å². The molecule has 0 spiro atoms. The fourth-order valence-electron chi connectivity index (χ4n) is 1.46. The van der Waals surface area contributed by atoms with Gasteiger partial charge in [0, 0.05) is 6.04 Å². The highest BCUT2D eigenvalue weighted by Gasteiger charge is 2.32. The topological polar surface area (TPSA) is 83.5 Å². The summed E-state index contributed by atoms with van der Waals surface area (Å²) in [7, 11) is -3.92. The molecule has 20 heavy (non-hydrogen) atoms. The number of carboxylic acids is 1. The molecule has 1 heterocycles. The Morgan fingerprint density at radius 3 is 2.35 bits per heavy atom. The predicted octanol–water partition coefficient (Wildman–Crippen LogP) is 3.22. The Morgan fingerprint density at radius 2 is 2.00 bits per heavy atom. The van der Waals surface area contributed by atoms with E-state index in [-0.39, 0.29) is 20.0 Å². The van der Waals surface area contributed by atoms with Gasteiger partial charge in [-0.2, -0.15) is 0 Å². The largest absolute Gasteiger partial charge is 0.481 e. The van der Waals surface area contributed by atoms with Crippen LogP contribution in [0.1, 0.15) is 27.2 Å². The Morgan fingerprint density at radius 1 is 1.45 bits per heavy atom. The first-order valence-electron chi connectivity index (χ1n) is 5.62. The molecule has 0 radical (unpaired) electrons. The van der Waals surface area contributed by atoms with Crippen molar-refractivity contribution in [3.05, 3.63) is 14.7 Å². The van der Waals surface area contributed by atoms with E-state index >= 15 is 0 Å². The van der Waals surface area contributed by atoms with Gasteiger partial charge in [0.2, 0.25) is 10.0 Å². The standard InChI is InChI=1S/C11H15Cl2NO4S2/c1-11(2,3)7(5-9(15)16)14-20(17,18)6-4-8(12)19-10(6)13/h4,7,14H,5H2,1-3H3,(H,15,16). The molecule has 0 bridgehead atoms. The van der Waals surface area contributed by atoms with E-state index in [0.717, 1.165) is 11.3 Å². The molecule has 9 heteroatoms. The van der Waals surface area contributed by atoms with Crippen LogP contribution in [0.3, 0.4) is 0 Å². The van der Waals surface area contributed by atoms with E-state index in [2.05, 4.69) is 4.72 Å². The molecule has 2 N–H and O–H groups in total. The third-order valence-corrected chi connectivity index (χ3v) is 5.86. The van der Waals surface area contributed by atoms with Gasteiger partial charge in [-0.1, -0.05) is 44.0 Å². The van der Waals surface area contributed by atoms with Gasteiger partial charge in [-0.15, -0.1) is 11.3 Å². The maximum atomic E-state index is 12.3. The number of carbonyl (C=O) groups is 1. The van der Waals surface area contributed by atoms with Crippen molar-refractivity contribution in [1.29, 1.82) is 0 Å². The minimum Gasteiger partial charge on any atom is -0.481 e. The molecule has 1 aromatic rings. The van der Waals surface area contributed by atoms with Crippen molar-refractivity contribution in [2.75, 3.05) is 0 Å². The minimum absolute atomic E-state index is 0.0467. The van der Waals surface area contributed by atoms with Crippen molar-refractivity contribution in [2.24, 2.45) is 5.41 Å². The first-order valence-corrected chi connectivity index (χ1v) is 8.68. The lowest BCUT2D eigenvalue weighted by Gasteiger charge is -2.29. The number of carboxylic acid groups (broad SMARTS) is 1. The zero-order chi connectivity index (χ0) is 15.7. The molecule has 1 aromatic heterocycles. The van der Waals surface area contributed by atoms with Crippen molar-refractivity contribution in [3.63, 3.8) is 0 Å². The van der Waals surface area contributed by atoms with E-state index in [1.54, 1.807) is 20.8 Å². The quantitative estimate of drug-likeness (QED) is 0.845. The summed E-state index contributed by atoms with van der Waals surface area (Å²) in [5.41, 5.74) is -0.558. The number of thiophene rings is 1. The van der Waals surface area contributed by atoms with E-state index in [4.69, 9.17) is 28.3 Å². The van der Waals surface area contributed by atoms with E-state index in [1.165, 1.54) is 6.07 Å². The van der Waals surface area contributed by atoms with Crippen LogP contribution < -0.4 is 4.72 Å². The van der Waals surface area contributed by atoms with Crippen LogP contribution in [0.5, 0.6) is 0 Å². The van der Waals surface area contributed by atoms with Crippen molar-refractivity contribution >= 4 is 50.5 Å². The fraction of sp³-hybridized carbons (Fsp3) is 0.545. The van der Waals surface area contributed by atoms with Crippen LogP contribution in [0, 0.1) is 5.41 Å². The zero-order valence-corrected chi connectivity index (χ0v) is 14.3. The molecular weight excluding hydrogens is 345 g/mol. The van der Waals surface area contributed by atoms with Crippen LogP contribution in [-0.4, -0.2) is 25.5 Å². The molecule has 0 amide bonds. The van der Waals surface area contributed by atoms with Crippen LogP contribution in [0.25, 0.3) is 0 Å². The number of nitrogens with one attached hydrogen (secondary N) is 1. The van der Waals surface area contributed by atoms with Crippen molar-refractivity contribution < 1.29 is 18.3 Å². The first-order chi connectivity index (χ1) is 8.93. The highest BCUT2D eigenvalue weighted by atomic mass is 35.5. The molecule has 5 nitrogen and oxygen atoms in total. The Balaban J connectivity index is 3.09. The molecule has 114 valence electrons. The summed E-state index contributed by atoms with van der Waals surface area (Å²) in [5.74, 6) is -1.08. The van der Waals surface area contributed by atoms with Gasteiger partial charge in [0.05, 0.1) is 10.8 Å². The number of sulfonamides is 1. The molecule has 0 aliphatic rings. The molecule has 0 saturated heterocycles. The molecule has 0 saturated carbocycles. The number of halogens is 2. The van der Waals surface area contributed by atoms with Gasteiger partial charge in [-0.25, -0.2) is 13.1 Å². The summed E-state index contributed by atoms with van der Waals surface area (Å²) < 4.78 is 27.2. The molecule has 1 atom stereocenters. The molecular formula is C11H15Cl2NO4S2. The molecule has 1 rings (SSSR count). The monoisotopic (exact) mass is 359 g/mol. The summed E-state index contributed by atoms with van der Waals surface area (Å²) in [6, 6.07) is 0.483. The SMILES string of the molecule is CC(C)(C)C(CC(=O)O)NS(=O)(=O)c1cc(Cl)sc1Cl. The van der Waals surface area contributed by atoms with E-state index < -0.39 is 27.4 Å². The van der Waals surface area contributed by atoms with Crippen molar-refractivity contribution in [1.82, 2.24) is 4.72 Å². The highest BCUT2D eigenvalue weighted by molar-refractivity contribution is 7.89. The average molecular weight is 360 g/mol. The summed E-state index contributed by atoms with van der Waals surface area (Å²) in [5, 5.41) is 8.89. The number of hydrogen-bond acceptors (Lipinski definition) is 4. The molecule has 0 aliphatic carbocycles. The van der Waals surface area contributed by atoms with Gasteiger partial charge in [-0.05, 0) is 11.5 Å². The Kier molecular flexibility index (Phi) is 5.48. The lowest BCUT2D eigenvalue weighted by atomic mass is 9.85. The van der Waals surface area contributed by atoms with E-state index in [0.29, 0.717) is 0 Å². The second kappa shape index (κ2) is 6.19. The summed E-state index contributed by atoms with van der Waals surface area (Å²) in [6.45, 7) is 5.27. The second-order valence-corrected chi connectivity index (χ2v) is 9.29. The molecule has 0 aliphatic heterocycles. The van der Waals surface area contributed by atoms with Crippen molar-refractivity contribution in [3.8, 4) is 0 Å². The Labute approximate surface area is 131 Å². The van der Waals surface area contributed by atoms with Crippen LogP contribution >= 0.6 is 34.5 Å². The minimum atomic E-state index is -3.92. The van der Waals surface area contributed by atoms with Crippen LogP contribution in [-0.2, 0) is 14.8 Å². The van der Waals surface area contributed by atoms with E-state index in [9.17, 15) is 13.2 Å². The summed E-state index contributed by atoms with van der Waals surface area (Å²) >= 11 is 12.5. The Hall–Kier alpha value is -0.340. The lowest BCUT2D eigenvalue weighted by Crippen LogP contribution is -2.44.